The van der Waals surface area contributed by atoms with Gasteiger partial charge in [0.15, 0.2) is 0 Å². The summed E-state index contributed by atoms with van der Waals surface area (Å²) in [7, 11) is 0. The second-order valence-corrected chi connectivity index (χ2v) is 5.79. The molecule has 0 saturated carbocycles. The summed E-state index contributed by atoms with van der Waals surface area (Å²) in [5, 5.41) is 0. The first-order chi connectivity index (χ1) is 9.29. The van der Waals surface area contributed by atoms with Gasteiger partial charge in [0.2, 0.25) is 12.2 Å². The molecule has 0 fully saturated rings. The highest BCUT2D eigenvalue weighted by molar-refractivity contribution is 8.02. The highest BCUT2D eigenvalue weighted by Crippen LogP contribution is 2.33. The van der Waals surface area contributed by atoms with Gasteiger partial charge in [0.05, 0.1) is 13.1 Å². The van der Waals surface area contributed by atoms with Gasteiger partial charge in [-0.15, -0.1) is 23.5 Å². The summed E-state index contributed by atoms with van der Waals surface area (Å²) < 4.78 is 0. The number of benzene rings is 1. The maximum Gasteiger partial charge on any atom is 0.234 e. The molecule has 0 aliphatic rings. The molecule has 1 aromatic rings. The summed E-state index contributed by atoms with van der Waals surface area (Å²) in [5.74, 6) is 1.50. The number of aryl methyl sites for hydroxylation is 1. The summed E-state index contributed by atoms with van der Waals surface area (Å²) in [4.78, 5) is 29.4. The van der Waals surface area contributed by atoms with E-state index in [9.17, 15) is 9.59 Å². The average molecular weight is 294 g/mol. The lowest BCUT2D eigenvalue weighted by molar-refractivity contribution is 0.562. The van der Waals surface area contributed by atoms with E-state index in [1.165, 1.54) is 27.5 Å². The van der Waals surface area contributed by atoms with Gasteiger partial charge in [-0.25, -0.2) is 19.6 Å². The van der Waals surface area contributed by atoms with Gasteiger partial charge in [-0.2, -0.15) is 0 Å². The van der Waals surface area contributed by atoms with Crippen molar-refractivity contribution in [2.75, 3.05) is 24.6 Å². The van der Waals surface area contributed by atoms with Crippen LogP contribution in [0.2, 0.25) is 0 Å². The molecule has 6 heteroatoms. The molecule has 0 aliphatic heterocycles. The Balaban J connectivity index is 2.65. The first kappa shape index (κ1) is 15.7. The van der Waals surface area contributed by atoms with Crippen molar-refractivity contribution >= 4 is 35.7 Å². The molecule has 0 heterocycles. The second kappa shape index (κ2) is 9.59. The minimum absolute atomic E-state index is 0.474. The fourth-order valence-electron chi connectivity index (χ4n) is 1.41. The lowest BCUT2D eigenvalue weighted by atomic mass is 10.2. The molecule has 0 unspecified atom stereocenters. The van der Waals surface area contributed by atoms with Gasteiger partial charge >= 0.3 is 0 Å². The second-order valence-electron chi connectivity index (χ2n) is 3.55. The molecule has 100 valence electrons. The predicted molar refractivity (Wildman–Crippen MR) is 78.6 cm³/mol. The smallest absolute Gasteiger partial charge is 0.211 e. The summed E-state index contributed by atoms with van der Waals surface area (Å²) in [6, 6.07) is 6.11. The normalized spacial score (nSPS) is 9.53. The SMILES string of the molecule is Cc1cccc(SCCN=C=O)c1SCCN=C=O. The average Bonchev–Trinajstić information content (AvgIpc) is 2.42. The lowest BCUT2D eigenvalue weighted by Crippen LogP contribution is -1.91. The van der Waals surface area contributed by atoms with Crippen molar-refractivity contribution in [3.63, 3.8) is 0 Å². The molecule has 0 spiro atoms. The van der Waals surface area contributed by atoms with Crippen molar-refractivity contribution in [2.45, 2.75) is 16.7 Å². The van der Waals surface area contributed by atoms with Crippen LogP contribution in [0.25, 0.3) is 0 Å². The van der Waals surface area contributed by atoms with Crippen molar-refractivity contribution in [1.29, 1.82) is 0 Å². The maximum atomic E-state index is 10.0. The molecule has 19 heavy (non-hydrogen) atoms. The molecular weight excluding hydrogens is 280 g/mol. The molecule has 0 aromatic heterocycles. The number of hydrogen-bond donors (Lipinski definition) is 0. The number of aliphatic imine (C=N–C) groups is 2. The van der Waals surface area contributed by atoms with E-state index in [-0.39, 0.29) is 0 Å². The van der Waals surface area contributed by atoms with Gasteiger partial charge in [0.25, 0.3) is 0 Å². The number of rotatable bonds is 8. The van der Waals surface area contributed by atoms with Gasteiger partial charge < -0.3 is 0 Å². The van der Waals surface area contributed by atoms with Crippen molar-refractivity contribution in [3.8, 4) is 0 Å². The molecule has 4 nitrogen and oxygen atoms in total. The van der Waals surface area contributed by atoms with Crippen LogP contribution in [0.15, 0.2) is 38.0 Å². The van der Waals surface area contributed by atoms with Crippen molar-refractivity contribution < 1.29 is 9.59 Å². The van der Waals surface area contributed by atoms with E-state index in [2.05, 4.69) is 23.0 Å². The van der Waals surface area contributed by atoms with Crippen LogP contribution < -0.4 is 0 Å². The fraction of sp³-hybridized carbons (Fsp3) is 0.385. The first-order valence-corrected chi connectivity index (χ1v) is 7.69. The van der Waals surface area contributed by atoms with E-state index in [1.807, 2.05) is 12.1 Å². The van der Waals surface area contributed by atoms with Gasteiger partial charge in [-0.05, 0) is 18.6 Å². The van der Waals surface area contributed by atoms with Gasteiger partial charge in [-0.1, -0.05) is 12.1 Å². The Morgan fingerprint density at radius 1 is 1.05 bits per heavy atom. The van der Waals surface area contributed by atoms with Crippen LogP contribution in [-0.2, 0) is 9.59 Å². The third-order valence-corrected chi connectivity index (χ3v) is 4.60. The van der Waals surface area contributed by atoms with Crippen LogP contribution >= 0.6 is 23.5 Å². The molecule has 0 amide bonds. The zero-order chi connectivity index (χ0) is 13.9. The Labute approximate surface area is 120 Å². The monoisotopic (exact) mass is 294 g/mol. The molecule has 0 aliphatic carbocycles. The van der Waals surface area contributed by atoms with Crippen LogP contribution in [0.3, 0.4) is 0 Å². The Hall–Kier alpha value is -1.32. The van der Waals surface area contributed by atoms with E-state index >= 15 is 0 Å². The molecule has 0 N–H and O–H groups in total. The van der Waals surface area contributed by atoms with Gasteiger partial charge in [0.1, 0.15) is 0 Å². The van der Waals surface area contributed by atoms with E-state index in [0.717, 1.165) is 11.5 Å². The van der Waals surface area contributed by atoms with Crippen molar-refractivity contribution in [1.82, 2.24) is 0 Å². The predicted octanol–water partition coefficient (Wildman–Crippen LogP) is 2.85. The Morgan fingerprint density at radius 3 is 2.32 bits per heavy atom. The number of carbonyl (C=O) groups excluding carboxylic acids is 2. The van der Waals surface area contributed by atoms with Gasteiger partial charge in [0, 0.05) is 21.3 Å². The summed E-state index contributed by atoms with van der Waals surface area (Å²) in [6.07, 6.45) is 3.07. The van der Waals surface area contributed by atoms with Crippen LogP contribution in [-0.4, -0.2) is 36.8 Å². The minimum Gasteiger partial charge on any atom is -0.211 e. The van der Waals surface area contributed by atoms with Gasteiger partial charge in [-0.3, -0.25) is 0 Å². The fourth-order valence-corrected chi connectivity index (χ4v) is 3.53. The minimum atomic E-state index is 0.474. The molecule has 0 bridgehead atoms. The number of hydrogen-bond acceptors (Lipinski definition) is 6. The Kier molecular flexibility index (Phi) is 7.94. The van der Waals surface area contributed by atoms with Crippen LogP contribution in [0.4, 0.5) is 0 Å². The van der Waals surface area contributed by atoms with Crippen LogP contribution in [0.5, 0.6) is 0 Å². The highest BCUT2D eigenvalue weighted by atomic mass is 32.2. The lowest BCUT2D eigenvalue weighted by Gasteiger charge is -2.10. The zero-order valence-electron chi connectivity index (χ0n) is 10.6. The standard InChI is InChI=1S/C13H14N2O2S2/c1-11-3-2-4-12(18-7-5-14-9-16)13(11)19-8-6-15-10-17/h2-4H,5-8H2,1H3. The zero-order valence-corrected chi connectivity index (χ0v) is 12.2. The molecular formula is C13H14N2O2S2. The summed E-state index contributed by atoms with van der Waals surface area (Å²) >= 11 is 3.34. The highest BCUT2D eigenvalue weighted by Gasteiger charge is 2.06. The Morgan fingerprint density at radius 2 is 1.68 bits per heavy atom. The quantitative estimate of drug-likeness (QED) is 0.320. The third-order valence-electron chi connectivity index (χ3n) is 2.22. The van der Waals surface area contributed by atoms with Crippen LogP contribution in [0.1, 0.15) is 5.56 Å². The van der Waals surface area contributed by atoms with E-state index in [4.69, 9.17) is 0 Å². The van der Waals surface area contributed by atoms with Crippen molar-refractivity contribution in [2.24, 2.45) is 9.98 Å². The number of isocyanates is 2. The van der Waals surface area contributed by atoms with E-state index in [0.29, 0.717) is 13.1 Å². The van der Waals surface area contributed by atoms with Crippen molar-refractivity contribution in [3.05, 3.63) is 23.8 Å². The first-order valence-electron chi connectivity index (χ1n) is 5.72. The molecule has 1 aromatic carbocycles. The van der Waals surface area contributed by atoms with E-state index in [1.54, 1.807) is 23.5 Å². The molecule has 0 atom stereocenters. The summed E-state index contributed by atoms with van der Waals surface area (Å²) in [6.45, 7) is 3.00. The molecule has 1 rings (SSSR count). The maximum absolute atomic E-state index is 10.0. The summed E-state index contributed by atoms with van der Waals surface area (Å²) in [5.41, 5.74) is 1.20. The Bertz CT molecular complexity index is 507. The topological polar surface area (TPSA) is 58.9 Å². The third kappa shape index (κ3) is 5.90. The van der Waals surface area contributed by atoms with E-state index < -0.39 is 0 Å². The largest absolute Gasteiger partial charge is 0.234 e. The molecule has 0 radical (unpaired) electrons. The number of nitrogens with zero attached hydrogens (tertiary/aromatic N) is 2. The number of thioether (sulfide) groups is 2. The molecule has 0 saturated heterocycles. The van der Waals surface area contributed by atoms with Crippen LogP contribution in [0, 0.1) is 6.92 Å².